The lowest BCUT2D eigenvalue weighted by Gasteiger charge is -2.09. The van der Waals surface area contributed by atoms with Crippen LogP contribution in [0.25, 0.3) is 10.9 Å². The SMILES string of the molecule is Cc1cc2c(NC(=O)c3ccc(C(C)C)cc3)cccc2[nH]1. The van der Waals surface area contributed by atoms with Crippen LogP contribution in [0.1, 0.15) is 41.4 Å². The van der Waals surface area contributed by atoms with E-state index >= 15 is 0 Å². The van der Waals surface area contributed by atoms with Gasteiger partial charge in [0.1, 0.15) is 0 Å². The van der Waals surface area contributed by atoms with Crippen molar-refractivity contribution < 1.29 is 4.79 Å². The highest BCUT2D eigenvalue weighted by Gasteiger charge is 2.10. The summed E-state index contributed by atoms with van der Waals surface area (Å²) in [5, 5.41) is 4.04. The Morgan fingerprint density at radius 2 is 1.82 bits per heavy atom. The lowest BCUT2D eigenvalue weighted by molar-refractivity contribution is 0.102. The van der Waals surface area contributed by atoms with Gasteiger partial charge in [-0.2, -0.15) is 0 Å². The second-order valence-electron chi connectivity index (χ2n) is 5.95. The van der Waals surface area contributed by atoms with Gasteiger partial charge in [-0.15, -0.1) is 0 Å². The van der Waals surface area contributed by atoms with Crippen molar-refractivity contribution in [3.63, 3.8) is 0 Å². The molecule has 0 spiro atoms. The van der Waals surface area contributed by atoms with Crippen LogP contribution >= 0.6 is 0 Å². The zero-order chi connectivity index (χ0) is 15.7. The van der Waals surface area contributed by atoms with Gasteiger partial charge in [-0.1, -0.05) is 32.0 Å². The molecule has 1 heterocycles. The minimum Gasteiger partial charge on any atom is -0.359 e. The van der Waals surface area contributed by atoms with E-state index in [1.807, 2.05) is 55.5 Å². The molecule has 3 heteroatoms. The fraction of sp³-hybridized carbons (Fsp3) is 0.211. The third-order valence-corrected chi connectivity index (χ3v) is 3.89. The molecule has 2 aromatic carbocycles. The first-order chi connectivity index (χ1) is 10.5. The van der Waals surface area contributed by atoms with Gasteiger partial charge in [-0.25, -0.2) is 0 Å². The zero-order valence-corrected chi connectivity index (χ0v) is 13.1. The van der Waals surface area contributed by atoms with E-state index in [-0.39, 0.29) is 5.91 Å². The van der Waals surface area contributed by atoms with Gasteiger partial charge in [-0.3, -0.25) is 4.79 Å². The summed E-state index contributed by atoms with van der Waals surface area (Å²) in [6.07, 6.45) is 0. The molecule has 3 aromatic rings. The van der Waals surface area contributed by atoms with E-state index in [1.54, 1.807) is 0 Å². The van der Waals surface area contributed by atoms with Crippen molar-refractivity contribution in [2.45, 2.75) is 26.7 Å². The van der Waals surface area contributed by atoms with E-state index < -0.39 is 0 Å². The molecule has 0 saturated heterocycles. The van der Waals surface area contributed by atoms with Gasteiger partial charge in [-0.05, 0) is 48.7 Å². The van der Waals surface area contributed by atoms with Crippen molar-refractivity contribution in [1.29, 1.82) is 0 Å². The van der Waals surface area contributed by atoms with Gasteiger partial charge >= 0.3 is 0 Å². The molecule has 0 fully saturated rings. The molecule has 0 unspecified atom stereocenters. The molecule has 3 rings (SSSR count). The van der Waals surface area contributed by atoms with E-state index in [1.165, 1.54) is 5.56 Å². The first kappa shape index (κ1) is 14.4. The standard InChI is InChI=1S/C19H20N2O/c1-12(2)14-7-9-15(10-8-14)19(22)21-18-6-4-5-17-16(18)11-13(3)20-17/h4-12,20H,1-3H3,(H,21,22). The molecule has 112 valence electrons. The summed E-state index contributed by atoms with van der Waals surface area (Å²) in [4.78, 5) is 15.7. The Hall–Kier alpha value is -2.55. The van der Waals surface area contributed by atoms with Gasteiger partial charge in [0.15, 0.2) is 0 Å². The molecular weight excluding hydrogens is 272 g/mol. The maximum Gasteiger partial charge on any atom is 0.255 e. The van der Waals surface area contributed by atoms with Gasteiger partial charge in [0.05, 0.1) is 5.69 Å². The van der Waals surface area contributed by atoms with Gasteiger partial charge < -0.3 is 10.3 Å². The maximum absolute atomic E-state index is 12.4. The first-order valence-corrected chi connectivity index (χ1v) is 7.54. The number of H-pyrrole nitrogens is 1. The summed E-state index contributed by atoms with van der Waals surface area (Å²) in [6.45, 7) is 6.30. The highest BCUT2D eigenvalue weighted by molar-refractivity contribution is 6.08. The normalized spacial score (nSPS) is 11.1. The fourth-order valence-corrected chi connectivity index (χ4v) is 2.62. The second kappa shape index (κ2) is 5.68. The maximum atomic E-state index is 12.4. The molecule has 0 saturated carbocycles. The predicted octanol–water partition coefficient (Wildman–Crippen LogP) is 4.85. The number of benzene rings is 2. The molecule has 0 aliphatic heterocycles. The Kier molecular flexibility index (Phi) is 3.72. The monoisotopic (exact) mass is 292 g/mol. The molecule has 1 aromatic heterocycles. The quantitative estimate of drug-likeness (QED) is 0.712. The number of nitrogens with one attached hydrogen (secondary N) is 2. The van der Waals surface area contributed by atoms with Crippen LogP contribution in [0, 0.1) is 6.92 Å². The van der Waals surface area contributed by atoms with Crippen LogP contribution in [0.15, 0.2) is 48.5 Å². The Balaban J connectivity index is 1.86. The van der Waals surface area contributed by atoms with E-state index in [0.717, 1.165) is 22.3 Å². The first-order valence-electron chi connectivity index (χ1n) is 7.54. The highest BCUT2D eigenvalue weighted by atomic mass is 16.1. The summed E-state index contributed by atoms with van der Waals surface area (Å²) in [7, 11) is 0. The number of hydrogen-bond acceptors (Lipinski definition) is 1. The Morgan fingerprint density at radius 1 is 1.09 bits per heavy atom. The van der Waals surface area contributed by atoms with E-state index in [4.69, 9.17) is 0 Å². The Labute approximate surface area is 130 Å². The van der Waals surface area contributed by atoms with Crippen LogP contribution in [-0.4, -0.2) is 10.9 Å². The van der Waals surface area contributed by atoms with Crippen LogP contribution in [0.3, 0.4) is 0 Å². The van der Waals surface area contributed by atoms with Crippen LogP contribution < -0.4 is 5.32 Å². The van der Waals surface area contributed by atoms with E-state index in [0.29, 0.717) is 11.5 Å². The number of aryl methyl sites for hydroxylation is 1. The number of amides is 1. The minimum absolute atomic E-state index is 0.0818. The predicted molar refractivity (Wildman–Crippen MR) is 91.5 cm³/mol. The molecule has 0 atom stereocenters. The molecule has 0 radical (unpaired) electrons. The zero-order valence-electron chi connectivity index (χ0n) is 13.1. The lowest BCUT2D eigenvalue weighted by Crippen LogP contribution is -2.12. The molecule has 2 N–H and O–H groups in total. The number of aromatic amines is 1. The molecule has 0 aliphatic carbocycles. The third-order valence-electron chi connectivity index (χ3n) is 3.89. The number of carbonyl (C=O) groups is 1. The van der Waals surface area contributed by atoms with Gasteiger partial charge in [0.25, 0.3) is 5.91 Å². The van der Waals surface area contributed by atoms with Crippen molar-refractivity contribution in [1.82, 2.24) is 4.98 Å². The number of hydrogen-bond donors (Lipinski definition) is 2. The number of rotatable bonds is 3. The molecule has 0 aliphatic rings. The van der Waals surface area contributed by atoms with Crippen LogP contribution in [0.5, 0.6) is 0 Å². The molecule has 22 heavy (non-hydrogen) atoms. The van der Waals surface area contributed by atoms with Crippen molar-refractivity contribution >= 4 is 22.5 Å². The fourth-order valence-electron chi connectivity index (χ4n) is 2.62. The molecule has 3 nitrogen and oxygen atoms in total. The molecule has 0 bridgehead atoms. The number of carbonyl (C=O) groups excluding carboxylic acids is 1. The topological polar surface area (TPSA) is 44.9 Å². The lowest BCUT2D eigenvalue weighted by atomic mass is 10.0. The average molecular weight is 292 g/mol. The largest absolute Gasteiger partial charge is 0.359 e. The van der Waals surface area contributed by atoms with E-state index in [2.05, 4.69) is 24.1 Å². The number of fused-ring (bicyclic) bond motifs is 1. The van der Waals surface area contributed by atoms with Gasteiger partial charge in [0, 0.05) is 22.2 Å². The highest BCUT2D eigenvalue weighted by Crippen LogP contribution is 2.24. The molecule has 1 amide bonds. The second-order valence-corrected chi connectivity index (χ2v) is 5.95. The van der Waals surface area contributed by atoms with Crippen LogP contribution in [0.4, 0.5) is 5.69 Å². The van der Waals surface area contributed by atoms with Crippen LogP contribution in [-0.2, 0) is 0 Å². The summed E-state index contributed by atoms with van der Waals surface area (Å²) in [6, 6.07) is 15.7. The smallest absolute Gasteiger partial charge is 0.255 e. The van der Waals surface area contributed by atoms with E-state index in [9.17, 15) is 4.79 Å². The average Bonchev–Trinajstić information content (AvgIpc) is 2.88. The van der Waals surface area contributed by atoms with Crippen molar-refractivity contribution in [3.05, 3.63) is 65.4 Å². The minimum atomic E-state index is -0.0818. The van der Waals surface area contributed by atoms with Crippen molar-refractivity contribution in [3.8, 4) is 0 Å². The van der Waals surface area contributed by atoms with Crippen molar-refractivity contribution in [2.24, 2.45) is 0 Å². The van der Waals surface area contributed by atoms with Gasteiger partial charge in [0.2, 0.25) is 0 Å². The molecular formula is C19H20N2O. The summed E-state index contributed by atoms with van der Waals surface area (Å²) in [5.74, 6) is 0.385. The number of anilines is 1. The summed E-state index contributed by atoms with van der Waals surface area (Å²) >= 11 is 0. The number of aromatic nitrogens is 1. The summed E-state index contributed by atoms with van der Waals surface area (Å²) < 4.78 is 0. The Morgan fingerprint density at radius 3 is 2.50 bits per heavy atom. The third kappa shape index (κ3) is 2.75. The summed E-state index contributed by atoms with van der Waals surface area (Å²) in [5.41, 5.74) is 4.86. The van der Waals surface area contributed by atoms with Crippen LogP contribution in [0.2, 0.25) is 0 Å². The Bertz CT molecular complexity index is 813. The van der Waals surface area contributed by atoms with Crippen molar-refractivity contribution in [2.75, 3.05) is 5.32 Å².